The Kier molecular flexibility index (Phi) is 3.60. The van der Waals surface area contributed by atoms with Crippen molar-refractivity contribution in [2.24, 2.45) is 17.8 Å². The van der Waals surface area contributed by atoms with Gasteiger partial charge in [-0.05, 0) is 75.7 Å². The zero-order chi connectivity index (χ0) is 14.3. The minimum absolute atomic E-state index is 0.0752. The Labute approximate surface area is 127 Å². The maximum absolute atomic E-state index is 12.2. The molecule has 4 heteroatoms. The van der Waals surface area contributed by atoms with Gasteiger partial charge in [0, 0.05) is 11.6 Å². The van der Waals surface area contributed by atoms with Gasteiger partial charge in [-0.3, -0.25) is 0 Å². The minimum Gasteiger partial charge on any atom is -0.448 e. The van der Waals surface area contributed by atoms with E-state index in [1.54, 1.807) is 0 Å². The molecule has 0 aromatic heterocycles. The van der Waals surface area contributed by atoms with Crippen LogP contribution in [0.3, 0.4) is 0 Å². The SMILES string of the molecule is O=C(NC12CC3CC(CC(C3)C1)C2)OCC1CCCCN1. The Morgan fingerprint density at radius 2 is 1.76 bits per heavy atom. The molecule has 21 heavy (non-hydrogen) atoms. The summed E-state index contributed by atoms with van der Waals surface area (Å²) in [4.78, 5) is 12.2. The number of nitrogens with one attached hydrogen (secondary N) is 2. The molecule has 5 rings (SSSR count). The van der Waals surface area contributed by atoms with Gasteiger partial charge in [0.05, 0.1) is 0 Å². The van der Waals surface area contributed by atoms with Gasteiger partial charge in [0.15, 0.2) is 0 Å². The van der Waals surface area contributed by atoms with Gasteiger partial charge in [-0.1, -0.05) is 6.42 Å². The van der Waals surface area contributed by atoms with E-state index in [-0.39, 0.29) is 11.6 Å². The zero-order valence-electron chi connectivity index (χ0n) is 12.9. The maximum atomic E-state index is 12.2. The molecule has 5 fully saturated rings. The largest absolute Gasteiger partial charge is 0.448 e. The van der Waals surface area contributed by atoms with Crippen LogP contribution in [0.5, 0.6) is 0 Å². The first-order chi connectivity index (χ1) is 10.2. The summed E-state index contributed by atoms with van der Waals surface area (Å²) in [6.07, 6.45) is 11.2. The number of carbonyl (C=O) groups excluding carboxylic acids is 1. The van der Waals surface area contributed by atoms with Crippen LogP contribution in [0.25, 0.3) is 0 Å². The lowest BCUT2D eigenvalue weighted by Gasteiger charge is -2.56. The number of hydrogen-bond acceptors (Lipinski definition) is 3. The molecule has 2 N–H and O–H groups in total. The third kappa shape index (κ3) is 2.92. The maximum Gasteiger partial charge on any atom is 0.407 e. The molecule has 5 aliphatic rings. The number of carbonyl (C=O) groups is 1. The summed E-state index contributed by atoms with van der Waals surface area (Å²) in [5.41, 5.74) is 0.0752. The van der Waals surface area contributed by atoms with Gasteiger partial charge >= 0.3 is 6.09 Å². The highest BCUT2D eigenvalue weighted by atomic mass is 16.5. The number of amides is 1. The molecule has 118 valence electrons. The molecule has 4 bridgehead atoms. The number of ether oxygens (including phenoxy) is 1. The van der Waals surface area contributed by atoms with Gasteiger partial charge in [-0.25, -0.2) is 4.79 Å². The summed E-state index contributed by atoms with van der Waals surface area (Å²) in [5, 5.41) is 6.70. The monoisotopic (exact) mass is 292 g/mol. The second-order valence-electron chi connectivity index (χ2n) is 8.07. The molecular weight excluding hydrogens is 264 g/mol. The Hall–Kier alpha value is -0.770. The summed E-state index contributed by atoms with van der Waals surface area (Å²) >= 11 is 0. The Balaban J connectivity index is 1.30. The normalized spacial score (nSPS) is 44.6. The fraction of sp³-hybridized carbons (Fsp3) is 0.941. The Morgan fingerprint density at radius 3 is 2.33 bits per heavy atom. The van der Waals surface area contributed by atoms with Gasteiger partial charge in [0.2, 0.25) is 0 Å². The summed E-state index contributed by atoms with van der Waals surface area (Å²) < 4.78 is 5.51. The lowest BCUT2D eigenvalue weighted by Crippen LogP contribution is -2.60. The second-order valence-corrected chi connectivity index (χ2v) is 8.07. The van der Waals surface area contributed by atoms with E-state index in [9.17, 15) is 4.79 Å². The molecule has 4 saturated carbocycles. The summed E-state index contributed by atoms with van der Waals surface area (Å²) in [7, 11) is 0. The third-order valence-electron chi connectivity index (χ3n) is 6.23. The molecule has 4 nitrogen and oxygen atoms in total. The molecular formula is C17H28N2O2. The van der Waals surface area contributed by atoms with Crippen LogP contribution in [-0.4, -0.2) is 30.8 Å². The van der Waals surface area contributed by atoms with Gasteiger partial charge in [-0.15, -0.1) is 0 Å². The van der Waals surface area contributed by atoms with Crippen LogP contribution in [0.1, 0.15) is 57.8 Å². The third-order valence-corrected chi connectivity index (χ3v) is 6.23. The fourth-order valence-electron chi connectivity index (χ4n) is 5.76. The van der Waals surface area contributed by atoms with Crippen molar-refractivity contribution in [2.75, 3.05) is 13.2 Å². The van der Waals surface area contributed by atoms with Gasteiger partial charge in [0.1, 0.15) is 6.61 Å². The standard InChI is InChI=1S/C17H28N2O2/c20-16(21-11-15-3-1-2-4-18-15)19-17-8-12-5-13(9-17)7-14(6-12)10-17/h12-15,18H,1-11H2,(H,19,20). The van der Waals surface area contributed by atoms with Crippen molar-refractivity contribution in [3.05, 3.63) is 0 Å². The predicted molar refractivity (Wildman–Crippen MR) is 81.0 cm³/mol. The molecule has 1 amide bonds. The molecule has 1 aliphatic heterocycles. The lowest BCUT2D eigenvalue weighted by atomic mass is 9.53. The van der Waals surface area contributed by atoms with Gasteiger partial charge in [-0.2, -0.15) is 0 Å². The summed E-state index contributed by atoms with van der Waals surface area (Å²) in [5.74, 6) is 2.57. The van der Waals surface area contributed by atoms with Crippen molar-refractivity contribution in [3.8, 4) is 0 Å². The van der Waals surface area contributed by atoms with Crippen molar-refractivity contribution >= 4 is 6.09 Å². The van der Waals surface area contributed by atoms with Crippen molar-refractivity contribution < 1.29 is 9.53 Å². The quantitative estimate of drug-likeness (QED) is 0.841. The Morgan fingerprint density at radius 1 is 1.10 bits per heavy atom. The lowest BCUT2D eigenvalue weighted by molar-refractivity contribution is -0.0196. The zero-order valence-corrected chi connectivity index (χ0v) is 12.9. The van der Waals surface area contributed by atoms with Crippen LogP contribution in [-0.2, 0) is 4.74 Å². The van der Waals surface area contributed by atoms with E-state index in [0.717, 1.165) is 30.7 Å². The molecule has 0 aromatic rings. The van der Waals surface area contributed by atoms with Crippen molar-refractivity contribution in [1.82, 2.24) is 10.6 Å². The van der Waals surface area contributed by atoms with Crippen LogP contribution < -0.4 is 10.6 Å². The van der Waals surface area contributed by atoms with Crippen molar-refractivity contribution in [2.45, 2.75) is 69.4 Å². The van der Waals surface area contributed by atoms with Crippen LogP contribution in [0.2, 0.25) is 0 Å². The molecule has 0 spiro atoms. The predicted octanol–water partition coefficient (Wildman–Crippen LogP) is 2.82. The fourth-order valence-corrected chi connectivity index (χ4v) is 5.76. The number of piperidine rings is 1. The average Bonchev–Trinajstić information content (AvgIpc) is 2.44. The second kappa shape index (κ2) is 5.45. The summed E-state index contributed by atoms with van der Waals surface area (Å²) in [6.45, 7) is 1.59. The Bertz CT molecular complexity index is 368. The van der Waals surface area contributed by atoms with Gasteiger partial charge in [0.25, 0.3) is 0 Å². The van der Waals surface area contributed by atoms with Crippen LogP contribution in [0, 0.1) is 17.8 Å². The number of hydrogen-bond donors (Lipinski definition) is 2. The highest BCUT2D eigenvalue weighted by Crippen LogP contribution is 2.55. The van der Waals surface area contributed by atoms with Crippen LogP contribution in [0.4, 0.5) is 4.79 Å². The first-order valence-corrected chi connectivity index (χ1v) is 8.89. The minimum atomic E-state index is -0.177. The number of rotatable bonds is 3. The topological polar surface area (TPSA) is 50.4 Å². The smallest absolute Gasteiger partial charge is 0.407 e. The molecule has 1 saturated heterocycles. The van der Waals surface area contributed by atoms with Gasteiger partial charge < -0.3 is 15.4 Å². The number of alkyl carbamates (subject to hydrolysis) is 1. The first-order valence-electron chi connectivity index (χ1n) is 8.89. The van der Waals surface area contributed by atoms with E-state index in [1.807, 2.05) is 0 Å². The molecule has 0 radical (unpaired) electrons. The molecule has 1 unspecified atom stereocenters. The van der Waals surface area contributed by atoms with E-state index in [4.69, 9.17) is 4.74 Å². The van der Waals surface area contributed by atoms with Crippen molar-refractivity contribution in [1.29, 1.82) is 0 Å². The van der Waals surface area contributed by atoms with E-state index < -0.39 is 0 Å². The van der Waals surface area contributed by atoms with Crippen LogP contribution in [0.15, 0.2) is 0 Å². The molecule has 4 aliphatic carbocycles. The van der Waals surface area contributed by atoms with E-state index in [0.29, 0.717) is 12.6 Å². The highest BCUT2D eigenvalue weighted by Gasteiger charge is 2.51. The van der Waals surface area contributed by atoms with E-state index in [1.165, 1.54) is 51.4 Å². The molecule has 0 aromatic carbocycles. The van der Waals surface area contributed by atoms with E-state index in [2.05, 4.69) is 10.6 Å². The molecule has 1 atom stereocenters. The highest BCUT2D eigenvalue weighted by molar-refractivity contribution is 5.68. The molecule has 1 heterocycles. The summed E-state index contributed by atoms with van der Waals surface area (Å²) in [6, 6.07) is 0.362. The van der Waals surface area contributed by atoms with Crippen LogP contribution >= 0.6 is 0 Å². The van der Waals surface area contributed by atoms with E-state index >= 15 is 0 Å². The van der Waals surface area contributed by atoms with Crippen molar-refractivity contribution in [3.63, 3.8) is 0 Å². The first kappa shape index (κ1) is 13.9. The average molecular weight is 292 g/mol.